The van der Waals surface area contributed by atoms with Crippen molar-refractivity contribution in [1.82, 2.24) is 14.8 Å². The second-order valence-corrected chi connectivity index (χ2v) is 5.49. The molecule has 0 spiro atoms. The van der Waals surface area contributed by atoms with Gasteiger partial charge in [0.15, 0.2) is 5.82 Å². The Morgan fingerprint density at radius 3 is 2.45 bits per heavy atom. The number of hydrogen-bond acceptors (Lipinski definition) is 3. The van der Waals surface area contributed by atoms with E-state index >= 15 is 0 Å². The van der Waals surface area contributed by atoms with Gasteiger partial charge in [-0.05, 0) is 49.4 Å². The smallest absolute Gasteiger partial charge is 0.154 e. The molecule has 2 heterocycles. The van der Waals surface area contributed by atoms with Crippen molar-refractivity contribution < 1.29 is 5.11 Å². The summed E-state index contributed by atoms with van der Waals surface area (Å²) in [4.78, 5) is 4.69. The van der Waals surface area contributed by atoms with Crippen LogP contribution in [-0.2, 0) is 13.0 Å². The molecule has 0 aliphatic heterocycles. The van der Waals surface area contributed by atoms with Gasteiger partial charge in [0.1, 0.15) is 0 Å². The van der Waals surface area contributed by atoms with Crippen LogP contribution in [0, 0.1) is 13.8 Å². The lowest BCUT2D eigenvalue weighted by atomic mass is 10.1. The number of nitrogens with zero attached hydrogens (tertiary/aromatic N) is 3. The molecule has 0 amide bonds. The van der Waals surface area contributed by atoms with E-state index in [-0.39, 0.29) is 6.61 Å². The van der Waals surface area contributed by atoms with Gasteiger partial charge in [-0.3, -0.25) is 0 Å². The van der Waals surface area contributed by atoms with Crippen molar-refractivity contribution >= 4 is 0 Å². The van der Waals surface area contributed by atoms with Crippen LogP contribution >= 0.6 is 0 Å². The third-order valence-electron chi connectivity index (χ3n) is 3.68. The van der Waals surface area contributed by atoms with Gasteiger partial charge < -0.3 is 5.11 Å². The normalized spacial score (nSPS) is 11.3. The third kappa shape index (κ3) is 2.61. The Kier molecular flexibility index (Phi) is 4.23. The van der Waals surface area contributed by atoms with Crippen LogP contribution in [0.3, 0.4) is 0 Å². The zero-order valence-electron chi connectivity index (χ0n) is 12.9. The van der Waals surface area contributed by atoms with Crippen LogP contribution in [0.25, 0.3) is 5.82 Å². The average molecular weight is 273 g/mol. The van der Waals surface area contributed by atoms with Gasteiger partial charge in [-0.15, -0.1) is 0 Å². The van der Waals surface area contributed by atoms with E-state index in [4.69, 9.17) is 4.98 Å². The van der Waals surface area contributed by atoms with Crippen molar-refractivity contribution in [3.05, 3.63) is 40.3 Å². The molecule has 0 bridgehead atoms. The minimum atomic E-state index is 0.0230. The van der Waals surface area contributed by atoms with E-state index < -0.39 is 0 Å². The van der Waals surface area contributed by atoms with Crippen molar-refractivity contribution in [3.63, 3.8) is 0 Å². The molecule has 0 saturated carbocycles. The summed E-state index contributed by atoms with van der Waals surface area (Å²) in [5, 5.41) is 14.0. The number of aryl methyl sites for hydroxylation is 1. The Morgan fingerprint density at radius 2 is 1.95 bits per heavy atom. The van der Waals surface area contributed by atoms with E-state index in [9.17, 15) is 5.11 Å². The second kappa shape index (κ2) is 5.75. The summed E-state index contributed by atoms with van der Waals surface area (Å²) >= 11 is 0. The van der Waals surface area contributed by atoms with Crippen LogP contribution < -0.4 is 0 Å². The van der Waals surface area contributed by atoms with E-state index in [1.54, 1.807) is 0 Å². The van der Waals surface area contributed by atoms with Crippen molar-refractivity contribution in [2.24, 2.45) is 0 Å². The molecule has 4 heteroatoms. The topological polar surface area (TPSA) is 50.9 Å². The molecule has 0 aliphatic rings. The molecule has 2 rings (SSSR count). The molecule has 0 atom stereocenters. The maximum atomic E-state index is 9.43. The first-order valence-electron chi connectivity index (χ1n) is 7.15. The van der Waals surface area contributed by atoms with Gasteiger partial charge in [0.25, 0.3) is 0 Å². The lowest BCUT2D eigenvalue weighted by molar-refractivity contribution is 0.281. The van der Waals surface area contributed by atoms with Crippen molar-refractivity contribution in [1.29, 1.82) is 0 Å². The summed E-state index contributed by atoms with van der Waals surface area (Å²) in [6.07, 6.45) is 0.967. The van der Waals surface area contributed by atoms with E-state index in [1.807, 2.05) is 23.7 Å². The van der Waals surface area contributed by atoms with Gasteiger partial charge in [-0.2, -0.15) is 5.10 Å². The van der Waals surface area contributed by atoms with E-state index in [1.165, 1.54) is 5.56 Å². The number of aliphatic hydroxyl groups excluding tert-OH is 1. The van der Waals surface area contributed by atoms with Gasteiger partial charge in [0.05, 0.1) is 12.3 Å². The molecule has 0 saturated heterocycles. The van der Waals surface area contributed by atoms with Crippen LogP contribution in [0.15, 0.2) is 12.1 Å². The molecule has 20 heavy (non-hydrogen) atoms. The fourth-order valence-corrected chi connectivity index (χ4v) is 2.50. The number of aliphatic hydroxyl groups is 1. The van der Waals surface area contributed by atoms with Gasteiger partial charge in [0.2, 0.25) is 0 Å². The predicted molar refractivity (Wildman–Crippen MR) is 80.2 cm³/mol. The summed E-state index contributed by atoms with van der Waals surface area (Å²) < 4.78 is 1.89. The molecule has 2 aromatic rings. The highest BCUT2D eigenvalue weighted by Crippen LogP contribution is 2.21. The Balaban J connectivity index is 2.60. The lowest BCUT2D eigenvalue weighted by Crippen LogP contribution is -2.07. The second-order valence-electron chi connectivity index (χ2n) is 5.49. The predicted octanol–water partition coefficient (Wildman–Crippen LogP) is 3.06. The SMILES string of the molecule is CCc1c(C)nn(-c2cc(CO)cc(C(C)C)n2)c1C. The molecule has 4 nitrogen and oxygen atoms in total. The number of aromatic nitrogens is 3. The molecule has 1 N–H and O–H groups in total. The van der Waals surface area contributed by atoms with Crippen LogP contribution in [0.1, 0.15) is 54.9 Å². The fourth-order valence-electron chi connectivity index (χ4n) is 2.50. The third-order valence-corrected chi connectivity index (χ3v) is 3.68. The average Bonchev–Trinajstić information content (AvgIpc) is 2.72. The fraction of sp³-hybridized carbons (Fsp3) is 0.500. The summed E-state index contributed by atoms with van der Waals surface area (Å²) in [5.41, 5.74) is 5.31. The number of hydrogen-bond donors (Lipinski definition) is 1. The molecule has 0 radical (unpaired) electrons. The minimum absolute atomic E-state index is 0.0230. The van der Waals surface area contributed by atoms with E-state index in [2.05, 4.69) is 32.8 Å². The molecule has 0 aromatic carbocycles. The Bertz CT molecular complexity index is 614. The Morgan fingerprint density at radius 1 is 1.25 bits per heavy atom. The molecular weight excluding hydrogens is 250 g/mol. The summed E-state index contributed by atoms with van der Waals surface area (Å²) in [6.45, 7) is 10.5. The zero-order valence-corrected chi connectivity index (χ0v) is 12.9. The number of rotatable bonds is 4. The highest BCUT2D eigenvalue weighted by Gasteiger charge is 2.14. The first kappa shape index (κ1) is 14.7. The van der Waals surface area contributed by atoms with Crippen molar-refractivity contribution in [2.75, 3.05) is 0 Å². The molecule has 0 unspecified atom stereocenters. The van der Waals surface area contributed by atoms with Gasteiger partial charge in [0, 0.05) is 11.4 Å². The molecular formula is C16H23N3O. The standard InChI is InChI=1S/C16H23N3O/c1-6-14-11(4)18-19(12(14)5)16-8-13(9-20)7-15(17-16)10(2)3/h7-8,10,20H,6,9H2,1-5H3. The van der Waals surface area contributed by atoms with Gasteiger partial charge >= 0.3 is 0 Å². The Hall–Kier alpha value is -1.68. The van der Waals surface area contributed by atoms with E-state index in [0.29, 0.717) is 5.92 Å². The van der Waals surface area contributed by atoms with Crippen LogP contribution in [-0.4, -0.2) is 19.9 Å². The summed E-state index contributed by atoms with van der Waals surface area (Å²) in [6, 6.07) is 3.87. The first-order chi connectivity index (χ1) is 9.47. The molecule has 0 aliphatic carbocycles. The van der Waals surface area contributed by atoms with Crippen LogP contribution in [0.4, 0.5) is 0 Å². The molecule has 2 aromatic heterocycles. The first-order valence-corrected chi connectivity index (χ1v) is 7.15. The Labute approximate surface area is 120 Å². The minimum Gasteiger partial charge on any atom is -0.392 e. The largest absolute Gasteiger partial charge is 0.392 e. The highest BCUT2D eigenvalue weighted by atomic mass is 16.3. The van der Waals surface area contributed by atoms with Gasteiger partial charge in [-0.25, -0.2) is 9.67 Å². The summed E-state index contributed by atoms with van der Waals surface area (Å²) in [7, 11) is 0. The quantitative estimate of drug-likeness (QED) is 0.931. The summed E-state index contributed by atoms with van der Waals surface area (Å²) in [5.74, 6) is 1.11. The van der Waals surface area contributed by atoms with E-state index in [0.717, 1.165) is 34.9 Å². The lowest BCUT2D eigenvalue weighted by Gasteiger charge is -2.11. The maximum absolute atomic E-state index is 9.43. The molecule has 0 fully saturated rings. The number of pyridine rings is 1. The maximum Gasteiger partial charge on any atom is 0.154 e. The van der Waals surface area contributed by atoms with Crippen LogP contribution in [0.5, 0.6) is 0 Å². The monoisotopic (exact) mass is 273 g/mol. The molecule has 108 valence electrons. The highest BCUT2D eigenvalue weighted by molar-refractivity contribution is 5.36. The van der Waals surface area contributed by atoms with Gasteiger partial charge in [-0.1, -0.05) is 20.8 Å². The van der Waals surface area contributed by atoms with Crippen molar-refractivity contribution in [2.45, 2.75) is 53.6 Å². The van der Waals surface area contributed by atoms with Crippen LogP contribution in [0.2, 0.25) is 0 Å². The zero-order chi connectivity index (χ0) is 14.9. The van der Waals surface area contributed by atoms with Crippen molar-refractivity contribution in [3.8, 4) is 5.82 Å².